The van der Waals surface area contributed by atoms with Crippen LogP contribution in [-0.2, 0) is 18.5 Å². The van der Waals surface area contributed by atoms with E-state index in [-0.39, 0.29) is 41.7 Å². The third-order valence-electron chi connectivity index (χ3n) is 3.86. The molecule has 1 heterocycles. The second kappa shape index (κ2) is 10.1. The minimum absolute atomic E-state index is 0. The summed E-state index contributed by atoms with van der Waals surface area (Å²) in [7, 11) is 1.80. The second-order valence-electron chi connectivity index (χ2n) is 5.85. The van der Waals surface area contributed by atoms with Crippen LogP contribution in [0.4, 0.5) is 0 Å². The summed E-state index contributed by atoms with van der Waals surface area (Å²) >= 11 is 0. The van der Waals surface area contributed by atoms with Gasteiger partial charge in [0.25, 0.3) is 0 Å². The molecular formula is C20H20N3NaO4. The van der Waals surface area contributed by atoms with Crippen LogP contribution in [-0.4, -0.2) is 56.6 Å². The Bertz CT molecular complexity index is 954. The van der Waals surface area contributed by atoms with E-state index in [0.29, 0.717) is 11.6 Å². The Morgan fingerprint density at radius 2 is 1.86 bits per heavy atom. The molecule has 3 rings (SSSR count). The molecule has 0 saturated heterocycles. The number of aromatic nitrogens is 2. The maximum absolute atomic E-state index is 10.9. The van der Waals surface area contributed by atoms with Crippen LogP contribution in [0.15, 0.2) is 59.8 Å². The molecule has 2 aromatic carbocycles. The van der Waals surface area contributed by atoms with E-state index in [2.05, 4.69) is 10.3 Å². The van der Waals surface area contributed by atoms with Crippen molar-refractivity contribution in [2.45, 2.75) is 13.5 Å². The summed E-state index contributed by atoms with van der Waals surface area (Å²) in [4.78, 5) is 16.2. The van der Waals surface area contributed by atoms with Crippen LogP contribution in [0.1, 0.15) is 27.2 Å². The van der Waals surface area contributed by atoms with Crippen molar-refractivity contribution in [2.75, 3.05) is 0 Å². The number of rotatable bonds is 7. The molecule has 0 aliphatic carbocycles. The van der Waals surface area contributed by atoms with Gasteiger partial charge in [-0.05, 0) is 36.8 Å². The van der Waals surface area contributed by atoms with Crippen molar-refractivity contribution >= 4 is 41.7 Å². The summed E-state index contributed by atoms with van der Waals surface area (Å²) < 4.78 is 7.56. The zero-order chi connectivity index (χ0) is 19.2. The van der Waals surface area contributed by atoms with Gasteiger partial charge in [-0.15, -0.1) is 0 Å². The van der Waals surface area contributed by atoms with E-state index < -0.39 is 5.97 Å². The summed E-state index contributed by atoms with van der Waals surface area (Å²) in [5.41, 5.74) is 2.54. The van der Waals surface area contributed by atoms with Crippen molar-refractivity contribution < 1.29 is 19.5 Å². The van der Waals surface area contributed by atoms with E-state index in [4.69, 9.17) is 14.7 Å². The first kappa shape index (κ1) is 21.7. The SMILES string of the molecule is Cc1nn(C)c(Oc2ccccc2)c1C=NOCc1ccc(C(=O)O)cc1.[NaH]. The van der Waals surface area contributed by atoms with Crippen molar-refractivity contribution in [1.29, 1.82) is 0 Å². The van der Waals surface area contributed by atoms with Gasteiger partial charge in [0.05, 0.1) is 23.0 Å². The molecule has 0 spiro atoms. The number of carboxylic acid groups (broad SMARTS) is 1. The molecule has 0 aliphatic heterocycles. The van der Waals surface area contributed by atoms with Gasteiger partial charge in [-0.3, -0.25) is 0 Å². The molecule has 0 aliphatic rings. The fraction of sp³-hybridized carbons (Fsp3) is 0.150. The summed E-state index contributed by atoms with van der Waals surface area (Å²) in [6.45, 7) is 2.09. The van der Waals surface area contributed by atoms with Crippen LogP contribution >= 0.6 is 0 Å². The van der Waals surface area contributed by atoms with E-state index in [0.717, 1.165) is 16.8 Å². The third kappa shape index (κ3) is 5.45. The first-order valence-corrected chi connectivity index (χ1v) is 8.28. The van der Waals surface area contributed by atoms with Crippen molar-refractivity contribution in [3.05, 3.63) is 77.0 Å². The average Bonchev–Trinajstić information content (AvgIpc) is 2.93. The standard InChI is InChI=1S/C20H19N3O4.Na.H/c1-14-18(19(23(2)22-14)27-17-6-4-3-5-7-17)12-21-26-13-15-8-10-16(11-9-15)20(24)25;;/h3-12H,13H2,1-2H3,(H,24,25);;. The number of aryl methyl sites for hydroxylation is 2. The number of carboxylic acids is 1. The molecule has 3 aromatic rings. The van der Waals surface area contributed by atoms with E-state index in [1.165, 1.54) is 12.1 Å². The van der Waals surface area contributed by atoms with Gasteiger partial charge >= 0.3 is 35.5 Å². The Kier molecular flexibility index (Phi) is 7.80. The molecule has 7 nitrogen and oxygen atoms in total. The van der Waals surface area contributed by atoms with Crippen LogP contribution in [0, 0.1) is 6.92 Å². The van der Waals surface area contributed by atoms with Crippen molar-refractivity contribution in [3.63, 3.8) is 0 Å². The monoisotopic (exact) mass is 389 g/mol. The molecule has 28 heavy (non-hydrogen) atoms. The predicted molar refractivity (Wildman–Crippen MR) is 107 cm³/mol. The Morgan fingerprint density at radius 1 is 1.18 bits per heavy atom. The Labute approximate surface area is 184 Å². The summed E-state index contributed by atoms with van der Waals surface area (Å²) in [5.74, 6) is 0.310. The molecule has 140 valence electrons. The van der Waals surface area contributed by atoms with Crippen LogP contribution in [0.2, 0.25) is 0 Å². The molecule has 1 N–H and O–H groups in total. The first-order valence-electron chi connectivity index (χ1n) is 8.28. The summed E-state index contributed by atoms with van der Waals surface area (Å²) in [5, 5.41) is 17.3. The van der Waals surface area contributed by atoms with Gasteiger partial charge in [-0.1, -0.05) is 35.5 Å². The van der Waals surface area contributed by atoms with Gasteiger partial charge in [0, 0.05) is 7.05 Å². The van der Waals surface area contributed by atoms with Gasteiger partial charge in [0.2, 0.25) is 5.88 Å². The Morgan fingerprint density at radius 3 is 2.50 bits per heavy atom. The average molecular weight is 389 g/mol. The van der Waals surface area contributed by atoms with Gasteiger partial charge in [-0.25, -0.2) is 9.48 Å². The predicted octanol–water partition coefficient (Wildman–Crippen LogP) is 3.12. The molecule has 0 fully saturated rings. The molecule has 1 aromatic heterocycles. The number of para-hydroxylation sites is 1. The number of aromatic carboxylic acids is 1. The molecule has 0 unspecified atom stereocenters. The number of carbonyl (C=O) groups is 1. The number of oxime groups is 1. The minimum atomic E-state index is -0.960. The zero-order valence-corrected chi connectivity index (χ0v) is 15.0. The summed E-state index contributed by atoms with van der Waals surface area (Å²) in [6.07, 6.45) is 1.56. The molecule has 8 heteroatoms. The molecule has 0 radical (unpaired) electrons. The number of ether oxygens (including phenoxy) is 1. The number of nitrogens with zero attached hydrogens (tertiary/aromatic N) is 3. The molecule has 0 bridgehead atoms. The van der Waals surface area contributed by atoms with Crippen LogP contribution < -0.4 is 4.74 Å². The fourth-order valence-corrected chi connectivity index (χ4v) is 2.47. The maximum atomic E-state index is 10.9. The number of hydrogen-bond acceptors (Lipinski definition) is 5. The van der Waals surface area contributed by atoms with E-state index in [9.17, 15) is 4.79 Å². The Hall–Kier alpha value is -2.61. The van der Waals surface area contributed by atoms with E-state index in [1.54, 1.807) is 30.1 Å². The Balaban J connectivity index is 0.00000280. The normalized spacial score (nSPS) is 10.5. The topological polar surface area (TPSA) is 85.9 Å². The van der Waals surface area contributed by atoms with Crippen molar-refractivity contribution in [2.24, 2.45) is 12.2 Å². The zero-order valence-electron chi connectivity index (χ0n) is 15.0. The second-order valence-corrected chi connectivity index (χ2v) is 5.85. The molecule has 0 saturated carbocycles. The quantitative estimate of drug-likeness (QED) is 0.381. The third-order valence-corrected chi connectivity index (χ3v) is 3.86. The fourth-order valence-electron chi connectivity index (χ4n) is 2.47. The molecule has 0 amide bonds. The van der Waals surface area contributed by atoms with Crippen molar-refractivity contribution in [1.82, 2.24) is 9.78 Å². The van der Waals surface area contributed by atoms with Gasteiger partial charge in [0.1, 0.15) is 12.4 Å². The first-order chi connectivity index (χ1) is 13.0. The van der Waals surface area contributed by atoms with E-state index >= 15 is 0 Å². The van der Waals surface area contributed by atoms with E-state index in [1.807, 2.05) is 37.3 Å². The van der Waals surface area contributed by atoms with Crippen LogP contribution in [0.5, 0.6) is 11.6 Å². The molecular weight excluding hydrogens is 369 g/mol. The van der Waals surface area contributed by atoms with Crippen molar-refractivity contribution in [3.8, 4) is 11.6 Å². The number of benzene rings is 2. The summed E-state index contributed by atoms with van der Waals surface area (Å²) in [6, 6.07) is 15.9. The van der Waals surface area contributed by atoms with Gasteiger partial charge in [-0.2, -0.15) is 5.10 Å². The van der Waals surface area contributed by atoms with Gasteiger partial charge in [0.15, 0.2) is 0 Å². The van der Waals surface area contributed by atoms with Crippen LogP contribution in [0.25, 0.3) is 0 Å². The number of hydrogen-bond donors (Lipinski definition) is 1. The van der Waals surface area contributed by atoms with Crippen LogP contribution in [0.3, 0.4) is 0 Å². The van der Waals surface area contributed by atoms with Gasteiger partial charge < -0.3 is 14.7 Å². The molecule has 0 atom stereocenters.